The van der Waals surface area contributed by atoms with Gasteiger partial charge < -0.3 is 10.1 Å². The smallest absolute Gasteiger partial charge is 0.137 e. The number of ether oxygens (including phenoxy) is 1. The summed E-state index contributed by atoms with van der Waals surface area (Å²) in [5.74, 6) is 1.65. The topological polar surface area (TPSA) is 21.3 Å². The molecule has 0 saturated heterocycles. The van der Waals surface area contributed by atoms with Crippen LogP contribution in [0.5, 0.6) is 5.75 Å². The number of para-hydroxylation sites is 1. The van der Waals surface area contributed by atoms with Gasteiger partial charge >= 0.3 is 0 Å². The van der Waals surface area contributed by atoms with Gasteiger partial charge in [0.15, 0.2) is 0 Å². The minimum Gasteiger partial charge on any atom is -0.492 e. The van der Waals surface area contributed by atoms with Crippen LogP contribution in [0.25, 0.3) is 0 Å². The zero-order valence-electron chi connectivity index (χ0n) is 10.9. The molecular formula is C14H22BrNO. The standard InChI is InChI=1S/C14H22BrNO/c1-4-8-17-14-12(6-5-7-13(14)15)10-16-9-11(2)3/h5-7,11,16H,4,8-10H2,1-3H3. The summed E-state index contributed by atoms with van der Waals surface area (Å²) in [6, 6.07) is 6.19. The predicted molar refractivity (Wildman–Crippen MR) is 76.5 cm³/mol. The largest absolute Gasteiger partial charge is 0.492 e. The third kappa shape index (κ3) is 5.09. The van der Waals surface area contributed by atoms with Crippen LogP contribution in [0.3, 0.4) is 0 Å². The van der Waals surface area contributed by atoms with Gasteiger partial charge in [-0.2, -0.15) is 0 Å². The molecule has 0 saturated carbocycles. The van der Waals surface area contributed by atoms with Crippen molar-refractivity contribution in [3.63, 3.8) is 0 Å². The van der Waals surface area contributed by atoms with E-state index in [1.54, 1.807) is 0 Å². The number of hydrogen-bond acceptors (Lipinski definition) is 2. The van der Waals surface area contributed by atoms with E-state index < -0.39 is 0 Å². The van der Waals surface area contributed by atoms with Crippen molar-refractivity contribution in [2.24, 2.45) is 5.92 Å². The molecule has 0 aromatic heterocycles. The Morgan fingerprint density at radius 2 is 2.12 bits per heavy atom. The minimum atomic E-state index is 0.669. The molecular weight excluding hydrogens is 278 g/mol. The molecule has 3 heteroatoms. The second-order valence-corrected chi connectivity index (χ2v) is 5.46. The summed E-state index contributed by atoms with van der Waals surface area (Å²) in [6.07, 6.45) is 1.03. The van der Waals surface area contributed by atoms with Gasteiger partial charge in [0.1, 0.15) is 5.75 Å². The summed E-state index contributed by atoms with van der Waals surface area (Å²) in [7, 11) is 0. The molecule has 1 aromatic carbocycles. The highest BCUT2D eigenvalue weighted by atomic mass is 79.9. The molecule has 0 bridgehead atoms. The van der Waals surface area contributed by atoms with Crippen LogP contribution >= 0.6 is 15.9 Å². The monoisotopic (exact) mass is 299 g/mol. The van der Waals surface area contributed by atoms with Gasteiger partial charge in [-0.3, -0.25) is 0 Å². The number of benzene rings is 1. The molecule has 0 radical (unpaired) electrons. The molecule has 0 unspecified atom stereocenters. The van der Waals surface area contributed by atoms with Gasteiger partial charge in [-0.15, -0.1) is 0 Å². The normalized spacial score (nSPS) is 10.9. The van der Waals surface area contributed by atoms with Gasteiger partial charge in [0.25, 0.3) is 0 Å². The van der Waals surface area contributed by atoms with Crippen LogP contribution in [0.15, 0.2) is 22.7 Å². The van der Waals surface area contributed by atoms with E-state index in [-0.39, 0.29) is 0 Å². The van der Waals surface area contributed by atoms with Gasteiger partial charge in [-0.1, -0.05) is 32.9 Å². The molecule has 0 fully saturated rings. The van der Waals surface area contributed by atoms with Gasteiger partial charge in [0.05, 0.1) is 11.1 Å². The molecule has 0 aliphatic rings. The van der Waals surface area contributed by atoms with E-state index in [0.717, 1.165) is 36.3 Å². The quantitative estimate of drug-likeness (QED) is 0.822. The van der Waals surface area contributed by atoms with Crippen LogP contribution < -0.4 is 10.1 Å². The van der Waals surface area contributed by atoms with Crippen LogP contribution in [-0.4, -0.2) is 13.2 Å². The Kier molecular flexibility index (Phi) is 6.60. The lowest BCUT2D eigenvalue weighted by Crippen LogP contribution is -2.19. The molecule has 0 atom stereocenters. The van der Waals surface area contributed by atoms with E-state index in [1.807, 2.05) is 6.07 Å². The second-order valence-electron chi connectivity index (χ2n) is 4.60. The maximum absolute atomic E-state index is 5.79. The second kappa shape index (κ2) is 7.72. The molecule has 0 aliphatic heterocycles. The maximum atomic E-state index is 5.79. The lowest BCUT2D eigenvalue weighted by Gasteiger charge is -2.14. The lowest BCUT2D eigenvalue weighted by molar-refractivity contribution is 0.311. The summed E-state index contributed by atoms with van der Waals surface area (Å²) < 4.78 is 6.82. The number of rotatable bonds is 7. The van der Waals surface area contributed by atoms with Crippen molar-refractivity contribution in [1.29, 1.82) is 0 Å². The van der Waals surface area contributed by atoms with Gasteiger partial charge in [-0.05, 0) is 40.9 Å². The highest BCUT2D eigenvalue weighted by molar-refractivity contribution is 9.10. The van der Waals surface area contributed by atoms with Crippen molar-refractivity contribution < 1.29 is 4.74 Å². The first-order valence-corrected chi connectivity index (χ1v) is 7.05. The van der Waals surface area contributed by atoms with Crippen molar-refractivity contribution in [3.05, 3.63) is 28.2 Å². The SMILES string of the molecule is CCCOc1c(Br)cccc1CNCC(C)C. The van der Waals surface area contributed by atoms with Crippen molar-refractivity contribution in [2.75, 3.05) is 13.2 Å². The van der Waals surface area contributed by atoms with E-state index in [2.05, 4.69) is 54.2 Å². The number of hydrogen-bond donors (Lipinski definition) is 1. The molecule has 1 aromatic rings. The van der Waals surface area contributed by atoms with E-state index >= 15 is 0 Å². The Hall–Kier alpha value is -0.540. The molecule has 96 valence electrons. The maximum Gasteiger partial charge on any atom is 0.137 e. The number of halogens is 1. The van der Waals surface area contributed by atoms with E-state index in [4.69, 9.17) is 4.74 Å². The summed E-state index contributed by atoms with van der Waals surface area (Å²) in [5.41, 5.74) is 1.22. The zero-order chi connectivity index (χ0) is 12.7. The molecule has 1 N–H and O–H groups in total. The van der Waals surface area contributed by atoms with Crippen molar-refractivity contribution in [3.8, 4) is 5.75 Å². The van der Waals surface area contributed by atoms with Gasteiger partial charge in [0.2, 0.25) is 0 Å². The van der Waals surface area contributed by atoms with Crippen LogP contribution in [0.2, 0.25) is 0 Å². The molecule has 17 heavy (non-hydrogen) atoms. The van der Waals surface area contributed by atoms with Crippen LogP contribution in [0, 0.1) is 5.92 Å². The Balaban J connectivity index is 2.65. The van der Waals surface area contributed by atoms with Crippen LogP contribution in [0.1, 0.15) is 32.8 Å². The molecule has 0 heterocycles. The predicted octanol–water partition coefficient (Wildman–Crippen LogP) is 3.98. The zero-order valence-corrected chi connectivity index (χ0v) is 12.5. The average molecular weight is 300 g/mol. The molecule has 0 amide bonds. The fourth-order valence-electron chi connectivity index (χ4n) is 1.55. The summed E-state index contributed by atoms with van der Waals surface area (Å²) in [5, 5.41) is 3.44. The van der Waals surface area contributed by atoms with Gasteiger partial charge in [-0.25, -0.2) is 0 Å². The minimum absolute atomic E-state index is 0.669. The third-order valence-electron chi connectivity index (χ3n) is 2.37. The molecule has 2 nitrogen and oxygen atoms in total. The van der Waals surface area contributed by atoms with Crippen LogP contribution in [0.4, 0.5) is 0 Å². The Bertz CT molecular complexity index is 339. The average Bonchev–Trinajstić information content (AvgIpc) is 2.28. The third-order valence-corrected chi connectivity index (χ3v) is 2.99. The van der Waals surface area contributed by atoms with Gasteiger partial charge in [0, 0.05) is 12.1 Å². The highest BCUT2D eigenvalue weighted by Gasteiger charge is 2.07. The van der Waals surface area contributed by atoms with Crippen molar-refractivity contribution >= 4 is 15.9 Å². The first kappa shape index (κ1) is 14.5. The van der Waals surface area contributed by atoms with E-state index in [0.29, 0.717) is 5.92 Å². The molecule has 0 spiro atoms. The van der Waals surface area contributed by atoms with Crippen molar-refractivity contribution in [1.82, 2.24) is 5.32 Å². The van der Waals surface area contributed by atoms with E-state index in [1.165, 1.54) is 5.56 Å². The first-order valence-electron chi connectivity index (χ1n) is 6.26. The van der Waals surface area contributed by atoms with E-state index in [9.17, 15) is 0 Å². The summed E-state index contributed by atoms with van der Waals surface area (Å²) in [6.45, 7) is 9.19. The highest BCUT2D eigenvalue weighted by Crippen LogP contribution is 2.29. The van der Waals surface area contributed by atoms with Crippen molar-refractivity contribution in [2.45, 2.75) is 33.7 Å². The lowest BCUT2D eigenvalue weighted by atomic mass is 10.2. The molecule has 0 aliphatic carbocycles. The van der Waals surface area contributed by atoms with Crippen LogP contribution in [-0.2, 0) is 6.54 Å². The summed E-state index contributed by atoms with van der Waals surface area (Å²) in [4.78, 5) is 0. The first-order chi connectivity index (χ1) is 8.15. The molecule has 1 rings (SSSR count). The Morgan fingerprint density at radius 1 is 1.35 bits per heavy atom. The number of nitrogens with one attached hydrogen (secondary N) is 1. The summed E-state index contributed by atoms with van der Waals surface area (Å²) >= 11 is 3.55. The fourth-order valence-corrected chi connectivity index (χ4v) is 2.08. The Labute approximate surface area is 113 Å². The Morgan fingerprint density at radius 3 is 2.76 bits per heavy atom. The fraction of sp³-hybridized carbons (Fsp3) is 0.571.